The second-order valence-electron chi connectivity index (χ2n) is 4.29. The third-order valence-corrected chi connectivity index (χ3v) is 3.40. The summed E-state index contributed by atoms with van der Waals surface area (Å²) < 4.78 is 0.935. The van der Waals surface area contributed by atoms with Crippen LogP contribution in [0, 0.1) is 0 Å². The highest BCUT2D eigenvalue weighted by atomic mass is 79.9. The number of hydrazine groups is 1. The van der Waals surface area contributed by atoms with Crippen LogP contribution in [-0.4, -0.2) is 10.9 Å². The molecule has 22 heavy (non-hydrogen) atoms. The van der Waals surface area contributed by atoms with Gasteiger partial charge in [0.05, 0.1) is 0 Å². The Balaban J connectivity index is 1.77. The number of halogens is 1. The van der Waals surface area contributed by atoms with Crippen LogP contribution in [-0.2, 0) is 0 Å². The van der Waals surface area contributed by atoms with Gasteiger partial charge in [0.1, 0.15) is 0 Å². The molecule has 112 valence electrons. The minimum Gasteiger partial charge on any atom is -0.331 e. The summed E-state index contributed by atoms with van der Waals surface area (Å²) >= 11 is 8.44. The van der Waals surface area contributed by atoms with Crippen LogP contribution in [0.2, 0.25) is 0 Å². The molecule has 0 saturated heterocycles. The first kappa shape index (κ1) is 16.2. The van der Waals surface area contributed by atoms with E-state index in [1.807, 2.05) is 42.5 Å². The number of allylic oxidation sites excluding steroid dienone is 1. The maximum absolute atomic E-state index is 11.9. The topological polar surface area (TPSA) is 53.2 Å². The highest BCUT2D eigenvalue weighted by Gasteiger charge is 2.00. The molecule has 0 saturated carbocycles. The van der Waals surface area contributed by atoms with Crippen molar-refractivity contribution < 1.29 is 4.79 Å². The van der Waals surface area contributed by atoms with Gasteiger partial charge in [-0.2, -0.15) is 0 Å². The van der Waals surface area contributed by atoms with Gasteiger partial charge >= 0.3 is 0 Å². The van der Waals surface area contributed by atoms with E-state index in [4.69, 9.17) is 12.2 Å². The Hall–Kier alpha value is -2.18. The number of anilines is 1. The van der Waals surface area contributed by atoms with E-state index in [2.05, 4.69) is 32.1 Å². The first-order valence-corrected chi connectivity index (χ1v) is 7.69. The van der Waals surface area contributed by atoms with Crippen molar-refractivity contribution >= 4 is 44.7 Å². The fourth-order valence-corrected chi connectivity index (χ4v) is 2.06. The molecule has 2 aromatic rings. The molecule has 2 aromatic carbocycles. The number of benzene rings is 2. The lowest BCUT2D eigenvalue weighted by atomic mass is 10.1. The summed E-state index contributed by atoms with van der Waals surface area (Å²) in [5.41, 5.74) is 7.03. The maximum Gasteiger partial charge on any atom is 0.189 e. The van der Waals surface area contributed by atoms with Crippen molar-refractivity contribution in [1.82, 2.24) is 10.9 Å². The van der Waals surface area contributed by atoms with Gasteiger partial charge in [0.15, 0.2) is 10.9 Å². The molecule has 0 aliphatic rings. The molecule has 0 atom stereocenters. The first-order chi connectivity index (χ1) is 10.6. The van der Waals surface area contributed by atoms with Crippen LogP contribution in [0.1, 0.15) is 10.4 Å². The molecule has 2 rings (SSSR count). The van der Waals surface area contributed by atoms with Crippen LogP contribution in [0.25, 0.3) is 0 Å². The summed E-state index contributed by atoms with van der Waals surface area (Å²) in [7, 11) is 0. The fourth-order valence-electron chi connectivity index (χ4n) is 1.62. The van der Waals surface area contributed by atoms with Crippen molar-refractivity contribution in [2.24, 2.45) is 0 Å². The van der Waals surface area contributed by atoms with Crippen molar-refractivity contribution in [3.05, 3.63) is 76.9 Å². The first-order valence-electron chi connectivity index (χ1n) is 6.49. The number of ketones is 1. The molecule has 0 radical (unpaired) electrons. The van der Waals surface area contributed by atoms with E-state index in [0.717, 1.165) is 10.2 Å². The zero-order valence-corrected chi connectivity index (χ0v) is 13.9. The quantitative estimate of drug-likeness (QED) is 0.322. The second kappa shape index (κ2) is 8.31. The number of rotatable bonds is 5. The molecular formula is C16H14BrN3OS. The lowest BCUT2D eigenvalue weighted by Gasteiger charge is -2.09. The number of thiocarbonyl (C=S) groups is 1. The van der Waals surface area contributed by atoms with Gasteiger partial charge in [-0.1, -0.05) is 34.1 Å². The van der Waals surface area contributed by atoms with Crippen molar-refractivity contribution in [1.29, 1.82) is 0 Å². The van der Waals surface area contributed by atoms with Crippen LogP contribution >= 0.6 is 28.1 Å². The fraction of sp³-hybridized carbons (Fsp3) is 0. The summed E-state index contributed by atoms with van der Waals surface area (Å²) in [5, 5.41) is 3.41. The van der Waals surface area contributed by atoms with E-state index in [1.165, 1.54) is 12.3 Å². The number of carbonyl (C=O) groups excluding carboxylic acids is 1. The summed E-state index contributed by atoms with van der Waals surface area (Å²) in [6.45, 7) is 0. The monoisotopic (exact) mass is 375 g/mol. The van der Waals surface area contributed by atoms with Gasteiger partial charge in [-0.25, -0.2) is 0 Å². The van der Waals surface area contributed by atoms with Crippen LogP contribution in [0.15, 0.2) is 71.3 Å². The molecule has 0 fully saturated rings. The second-order valence-corrected chi connectivity index (χ2v) is 5.62. The van der Waals surface area contributed by atoms with Gasteiger partial charge in [-0.05, 0) is 48.6 Å². The molecule has 3 N–H and O–H groups in total. The van der Waals surface area contributed by atoms with E-state index in [1.54, 1.807) is 12.1 Å². The van der Waals surface area contributed by atoms with E-state index >= 15 is 0 Å². The van der Waals surface area contributed by atoms with E-state index in [0.29, 0.717) is 10.7 Å². The lowest BCUT2D eigenvalue weighted by Crippen LogP contribution is -2.36. The van der Waals surface area contributed by atoms with Gasteiger partial charge in [0.25, 0.3) is 0 Å². The van der Waals surface area contributed by atoms with Crippen molar-refractivity contribution in [3.63, 3.8) is 0 Å². The molecule has 0 bridgehead atoms. The predicted molar refractivity (Wildman–Crippen MR) is 96.5 cm³/mol. The van der Waals surface area contributed by atoms with Crippen molar-refractivity contribution in [2.45, 2.75) is 0 Å². The Bertz CT molecular complexity index is 672. The highest BCUT2D eigenvalue weighted by molar-refractivity contribution is 9.10. The minimum absolute atomic E-state index is 0.0938. The summed E-state index contributed by atoms with van der Waals surface area (Å²) in [6, 6.07) is 16.7. The van der Waals surface area contributed by atoms with E-state index in [9.17, 15) is 4.79 Å². The molecule has 4 nitrogen and oxygen atoms in total. The normalized spacial score (nSPS) is 10.2. The van der Waals surface area contributed by atoms with Crippen LogP contribution in [0.5, 0.6) is 0 Å². The summed E-state index contributed by atoms with van der Waals surface area (Å²) in [5.74, 6) is -0.0938. The maximum atomic E-state index is 11.9. The smallest absolute Gasteiger partial charge is 0.189 e. The third kappa shape index (κ3) is 5.31. The molecular weight excluding hydrogens is 362 g/mol. The van der Waals surface area contributed by atoms with Crippen LogP contribution in [0.3, 0.4) is 0 Å². The molecule has 0 amide bonds. The Morgan fingerprint density at radius 2 is 1.73 bits per heavy atom. The number of para-hydroxylation sites is 1. The zero-order chi connectivity index (χ0) is 15.8. The minimum atomic E-state index is -0.0938. The molecule has 0 heterocycles. The molecule has 6 heteroatoms. The average molecular weight is 376 g/mol. The number of carbonyl (C=O) groups is 1. The van der Waals surface area contributed by atoms with Gasteiger partial charge in [-0.3, -0.25) is 10.2 Å². The SMILES string of the molecule is O=C(/C=C/NNC(=S)Nc1ccccc1)c1ccc(Br)cc1. The Morgan fingerprint density at radius 3 is 2.41 bits per heavy atom. The largest absolute Gasteiger partial charge is 0.331 e. The van der Waals surface area contributed by atoms with Gasteiger partial charge in [0, 0.05) is 28.0 Å². The number of hydrogen-bond donors (Lipinski definition) is 3. The predicted octanol–water partition coefficient (Wildman–Crippen LogP) is 3.64. The van der Waals surface area contributed by atoms with Crippen LogP contribution < -0.4 is 16.2 Å². The Morgan fingerprint density at radius 1 is 1.05 bits per heavy atom. The zero-order valence-electron chi connectivity index (χ0n) is 11.5. The molecule has 0 aliphatic carbocycles. The van der Waals surface area contributed by atoms with E-state index in [-0.39, 0.29) is 5.78 Å². The average Bonchev–Trinajstić information content (AvgIpc) is 2.53. The van der Waals surface area contributed by atoms with Crippen molar-refractivity contribution in [3.8, 4) is 0 Å². The summed E-state index contributed by atoms with van der Waals surface area (Å²) in [6.07, 6.45) is 2.94. The Kier molecular flexibility index (Phi) is 6.12. The summed E-state index contributed by atoms with van der Waals surface area (Å²) in [4.78, 5) is 11.9. The van der Waals surface area contributed by atoms with Crippen molar-refractivity contribution in [2.75, 3.05) is 5.32 Å². The van der Waals surface area contributed by atoms with Crippen LogP contribution in [0.4, 0.5) is 5.69 Å². The van der Waals surface area contributed by atoms with Gasteiger partial charge in [0.2, 0.25) is 0 Å². The lowest BCUT2D eigenvalue weighted by molar-refractivity contribution is 0.104. The molecule has 0 spiro atoms. The molecule has 0 aliphatic heterocycles. The standard InChI is InChI=1S/C16H14BrN3OS/c17-13-8-6-12(7-9-13)15(21)10-11-18-20-16(22)19-14-4-2-1-3-5-14/h1-11,18H,(H2,19,20,22)/b11-10+. The van der Waals surface area contributed by atoms with Gasteiger partial charge in [-0.15, -0.1) is 0 Å². The molecule has 0 unspecified atom stereocenters. The number of hydrogen-bond acceptors (Lipinski definition) is 3. The Labute approximate surface area is 142 Å². The third-order valence-electron chi connectivity index (χ3n) is 2.66. The molecule has 0 aromatic heterocycles. The van der Waals surface area contributed by atoms with E-state index < -0.39 is 0 Å². The highest BCUT2D eigenvalue weighted by Crippen LogP contribution is 2.11. The van der Waals surface area contributed by atoms with Gasteiger partial charge < -0.3 is 10.7 Å². The number of nitrogens with one attached hydrogen (secondary N) is 3.